The predicted molar refractivity (Wildman–Crippen MR) is 60.3 cm³/mol. The third-order valence-electron chi connectivity index (χ3n) is 2.32. The molecule has 0 bridgehead atoms. The van der Waals surface area contributed by atoms with Gasteiger partial charge in [0.2, 0.25) is 0 Å². The Hall–Kier alpha value is -0.970. The Balaban J connectivity index is 3.15. The average Bonchev–Trinajstić information content (AvgIpc) is 2.16. The monoisotopic (exact) mass is 247 g/mol. The minimum atomic E-state index is -3.97. The highest BCUT2D eigenvalue weighted by atomic mass is 32.2. The SMILES string of the molecule is CC(C)(C)c1ccc(S(=N)(=O)C(F)F)cc1. The minimum Gasteiger partial charge on any atom is -0.244 e. The van der Waals surface area contributed by atoms with Gasteiger partial charge in [-0.05, 0) is 23.1 Å². The lowest BCUT2D eigenvalue weighted by molar-refractivity contribution is 0.241. The molecule has 0 fully saturated rings. The van der Waals surface area contributed by atoms with Gasteiger partial charge in [-0.1, -0.05) is 32.9 Å². The van der Waals surface area contributed by atoms with Gasteiger partial charge in [0.25, 0.3) is 0 Å². The van der Waals surface area contributed by atoms with E-state index >= 15 is 0 Å². The standard InChI is InChI=1S/C11H15F2NOS/c1-11(2,3)8-4-6-9(7-5-8)16(14,15)10(12)13/h4-7,10,14H,1-3H3. The van der Waals surface area contributed by atoms with Crippen LogP contribution in [0.1, 0.15) is 26.3 Å². The molecule has 1 rings (SSSR count). The van der Waals surface area contributed by atoms with E-state index in [4.69, 9.17) is 4.78 Å². The lowest BCUT2D eigenvalue weighted by Gasteiger charge is -2.19. The Bertz CT molecular complexity index is 458. The summed E-state index contributed by atoms with van der Waals surface area (Å²) in [6.07, 6.45) is 0. The van der Waals surface area contributed by atoms with Crippen LogP contribution in [0.15, 0.2) is 29.2 Å². The molecule has 0 aliphatic heterocycles. The summed E-state index contributed by atoms with van der Waals surface area (Å²) in [7, 11) is -3.97. The van der Waals surface area contributed by atoms with Crippen LogP contribution >= 0.6 is 0 Å². The van der Waals surface area contributed by atoms with Crippen molar-refractivity contribution < 1.29 is 13.0 Å². The van der Waals surface area contributed by atoms with E-state index in [-0.39, 0.29) is 10.3 Å². The molecule has 1 atom stereocenters. The van der Waals surface area contributed by atoms with Crippen molar-refractivity contribution in [2.24, 2.45) is 0 Å². The highest BCUT2D eigenvalue weighted by Gasteiger charge is 2.22. The first-order chi connectivity index (χ1) is 7.15. The summed E-state index contributed by atoms with van der Waals surface area (Å²) in [5, 5.41) is 0. The van der Waals surface area contributed by atoms with Crippen LogP contribution in [0.2, 0.25) is 0 Å². The van der Waals surface area contributed by atoms with E-state index in [0.29, 0.717) is 0 Å². The van der Waals surface area contributed by atoms with Crippen LogP contribution in [0.3, 0.4) is 0 Å². The summed E-state index contributed by atoms with van der Waals surface area (Å²) in [6.45, 7) is 5.98. The molecule has 0 saturated heterocycles. The van der Waals surface area contributed by atoms with E-state index < -0.39 is 15.5 Å². The van der Waals surface area contributed by atoms with Crippen molar-refractivity contribution in [3.63, 3.8) is 0 Å². The summed E-state index contributed by atoms with van der Waals surface area (Å²) in [4.78, 5) is -0.115. The highest BCUT2D eigenvalue weighted by Crippen LogP contribution is 2.25. The molecule has 0 heterocycles. The summed E-state index contributed by atoms with van der Waals surface area (Å²) in [5.74, 6) is -3.15. The largest absolute Gasteiger partial charge is 0.323 e. The fourth-order valence-corrected chi connectivity index (χ4v) is 2.01. The Morgan fingerprint density at radius 2 is 1.62 bits per heavy atom. The summed E-state index contributed by atoms with van der Waals surface area (Å²) in [6, 6.07) is 5.99. The van der Waals surface area contributed by atoms with Crippen LogP contribution in [0.4, 0.5) is 8.78 Å². The third-order valence-corrected chi connectivity index (χ3v) is 3.80. The van der Waals surface area contributed by atoms with Crippen LogP contribution in [0.5, 0.6) is 0 Å². The second kappa shape index (κ2) is 4.13. The molecule has 0 saturated carbocycles. The smallest absolute Gasteiger partial charge is 0.244 e. The molecule has 0 aromatic heterocycles. The maximum absolute atomic E-state index is 12.4. The first-order valence-electron chi connectivity index (χ1n) is 4.82. The second-order valence-corrected chi connectivity index (χ2v) is 6.66. The normalized spacial score (nSPS) is 16.1. The van der Waals surface area contributed by atoms with Gasteiger partial charge < -0.3 is 0 Å². The summed E-state index contributed by atoms with van der Waals surface area (Å²) in [5.41, 5.74) is 0.868. The molecule has 1 aromatic carbocycles. The van der Waals surface area contributed by atoms with Crippen LogP contribution in [0, 0.1) is 4.78 Å². The van der Waals surface area contributed by atoms with Crippen molar-refractivity contribution in [2.45, 2.75) is 36.8 Å². The number of rotatable bonds is 2. The van der Waals surface area contributed by atoms with Crippen LogP contribution in [0.25, 0.3) is 0 Å². The van der Waals surface area contributed by atoms with Gasteiger partial charge >= 0.3 is 5.76 Å². The Morgan fingerprint density at radius 3 is 1.94 bits per heavy atom. The molecule has 0 radical (unpaired) electrons. The molecule has 1 unspecified atom stereocenters. The van der Waals surface area contributed by atoms with Crippen molar-refractivity contribution >= 4 is 9.73 Å². The van der Waals surface area contributed by atoms with E-state index in [2.05, 4.69) is 0 Å². The lowest BCUT2D eigenvalue weighted by Crippen LogP contribution is -2.13. The fraction of sp³-hybridized carbons (Fsp3) is 0.455. The van der Waals surface area contributed by atoms with Gasteiger partial charge in [-0.3, -0.25) is 0 Å². The molecule has 2 nitrogen and oxygen atoms in total. The molecule has 5 heteroatoms. The fourth-order valence-electron chi connectivity index (χ4n) is 1.26. The zero-order chi connectivity index (χ0) is 12.6. The quantitative estimate of drug-likeness (QED) is 0.852. The average molecular weight is 247 g/mol. The maximum atomic E-state index is 12.4. The molecular weight excluding hydrogens is 232 g/mol. The first kappa shape index (κ1) is 13.1. The lowest BCUT2D eigenvalue weighted by atomic mass is 9.87. The highest BCUT2D eigenvalue weighted by molar-refractivity contribution is 7.92. The topological polar surface area (TPSA) is 40.9 Å². The van der Waals surface area contributed by atoms with E-state index in [1.54, 1.807) is 12.1 Å². The summed E-state index contributed by atoms with van der Waals surface area (Å²) < 4.78 is 43.2. The molecule has 90 valence electrons. The van der Waals surface area contributed by atoms with Gasteiger partial charge in [0, 0.05) is 0 Å². The van der Waals surface area contributed by atoms with Crippen LogP contribution in [-0.2, 0) is 15.1 Å². The molecule has 0 aliphatic carbocycles. The van der Waals surface area contributed by atoms with Crippen molar-refractivity contribution in [3.8, 4) is 0 Å². The van der Waals surface area contributed by atoms with E-state index in [1.165, 1.54) is 12.1 Å². The number of nitrogens with one attached hydrogen (secondary N) is 1. The molecule has 0 aliphatic rings. The van der Waals surface area contributed by atoms with Crippen molar-refractivity contribution in [3.05, 3.63) is 29.8 Å². The molecule has 1 N–H and O–H groups in total. The van der Waals surface area contributed by atoms with Gasteiger partial charge in [0.1, 0.15) is 9.73 Å². The van der Waals surface area contributed by atoms with Gasteiger partial charge in [0.05, 0.1) is 4.90 Å². The Kier molecular flexibility index (Phi) is 3.38. The minimum absolute atomic E-state index is 0.0910. The van der Waals surface area contributed by atoms with E-state index in [0.717, 1.165) is 5.56 Å². The Labute approximate surface area is 94.7 Å². The zero-order valence-corrected chi connectivity index (χ0v) is 10.3. The number of hydrogen-bond acceptors (Lipinski definition) is 2. The maximum Gasteiger partial charge on any atom is 0.323 e. The van der Waals surface area contributed by atoms with Crippen LogP contribution < -0.4 is 0 Å². The predicted octanol–water partition coefficient (Wildman–Crippen LogP) is 3.61. The molecule has 0 amide bonds. The first-order valence-corrected chi connectivity index (χ1v) is 6.44. The van der Waals surface area contributed by atoms with Gasteiger partial charge in [-0.15, -0.1) is 0 Å². The molecular formula is C11H15F2NOS. The summed E-state index contributed by atoms with van der Waals surface area (Å²) >= 11 is 0. The van der Waals surface area contributed by atoms with Gasteiger partial charge in [-0.2, -0.15) is 8.78 Å². The Morgan fingerprint density at radius 1 is 1.19 bits per heavy atom. The zero-order valence-electron chi connectivity index (χ0n) is 9.46. The number of halogens is 2. The van der Waals surface area contributed by atoms with E-state index in [1.807, 2.05) is 20.8 Å². The molecule has 0 spiro atoms. The van der Waals surface area contributed by atoms with Crippen molar-refractivity contribution in [1.29, 1.82) is 4.78 Å². The molecule has 1 aromatic rings. The number of alkyl halides is 2. The second-order valence-electron chi connectivity index (χ2n) is 4.64. The molecule has 16 heavy (non-hydrogen) atoms. The van der Waals surface area contributed by atoms with Crippen LogP contribution in [-0.4, -0.2) is 9.97 Å². The number of benzene rings is 1. The van der Waals surface area contributed by atoms with E-state index in [9.17, 15) is 13.0 Å². The number of hydrogen-bond donors (Lipinski definition) is 1. The van der Waals surface area contributed by atoms with Gasteiger partial charge in [-0.25, -0.2) is 8.99 Å². The van der Waals surface area contributed by atoms with Crippen molar-refractivity contribution in [1.82, 2.24) is 0 Å². The van der Waals surface area contributed by atoms with Gasteiger partial charge in [0.15, 0.2) is 0 Å². The third kappa shape index (κ3) is 2.58. The van der Waals surface area contributed by atoms with Crippen molar-refractivity contribution in [2.75, 3.05) is 0 Å².